The van der Waals surface area contributed by atoms with Crippen LogP contribution in [0.15, 0.2) is 95.8 Å². The Morgan fingerprint density at radius 3 is 2.34 bits per heavy atom. The lowest BCUT2D eigenvalue weighted by Crippen LogP contribution is -2.23. The predicted molar refractivity (Wildman–Crippen MR) is 128 cm³/mol. The molecule has 0 spiro atoms. The summed E-state index contributed by atoms with van der Waals surface area (Å²) in [5.74, 6) is -0.0869. The second-order valence-electron chi connectivity index (χ2n) is 7.71. The number of nitrogens with one attached hydrogen (secondary N) is 1. The maximum atomic E-state index is 12.6. The molecule has 0 aliphatic rings. The first-order valence-corrected chi connectivity index (χ1v) is 10.7. The molecule has 4 aromatic rings. The molecule has 0 aliphatic heterocycles. The maximum absolute atomic E-state index is 12.6. The Balaban J connectivity index is 1.39. The number of aryl methyl sites for hydroxylation is 2. The third-order valence-corrected chi connectivity index (χ3v) is 5.27. The van der Waals surface area contributed by atoms with Gasteiger partial charge in [-0.05, 0) is 31.0 Å². The monoisotopic (exact) mass is 423 g/mol. The van der Waals surface area contributed by atoms with Gasteiger partial charge in [-0.15, -0.1) is 0 Å². The van der Waals surface area contributed by atoms with E-state index in [1.807, 2.05) is 85.8 Å². The second-order valence-corrected chi connectivity index (χ2v) is 7.71. The first-order chi connectivity index (χ1) is 15.6. The van der Waals surface area contributed by atoms with Crippen LogP contribution in [0.5, 0.6) is 0 Å². The van der Waals surface area contributed by atoms with Crippen LogP contribution in [0.1, 0.15) is 18.4 Å². The molecule has 0 radical (unpaired) electrons. The van der Waals surface area contributed by atoms with Crippen LogP contribution in [-0.4, -0.2) is 15.7 Å². The van der Waals surface area contributed by atoms with Gasteiger partial charge < -0.3 is 5.32 Å². The zero-order valence-electron chi connectivity index (χ0n) is 18.0. The van der Waals surface area contributed by atoms with E-state index in [0.29, 0.717) is 19.4 Å². The fraction of sp³-hybridized carbons (Fsp3) is 0.148. The van der Waals surface area contributed by atoms with E-state index in [1.165, 1.54) is 16.3 Å². The van der Waals surface area contributed by atoms with Gasteiger partial charge in [-0.2, -0.15) is 5.10 Å². The minimum atomic E-state index is -0.171. The number of carbonyl (C=O) groups excluding carboxylic acids is 1. The highest BCUT2D eigenvalue weighted by Gasteiger charge is 2.09. The summed E-state index contributed by atoms with van der Waals surface area (Å²) in [7, 11) is 0. The molecule has 1 heterocycles. The van der Waals surface area contributed by atoms with Crippen molar-refractivity contribution in [3.63, 3.8) is 0 Å². The Hall–Kier alpha value is -3.99. The van der Waals surface area contributed by atoms with Gasteiger partial charge in [-0.25, -0.2) is 4.68 Å². The summed E-state index contributed by atoms with van der Waals surface area (Å²) in [6.45, 7) is 2.41. The molecule has 1 amide bonds. The number of para-hydroxylation sites is 1. The largest absolute Gasteiger partial charge is 0.326 e. The minimum absolute atomic E-state index is 0.0869. The number of aromatic nitrogens is 2. The normalized spacial score (nSPS) is 10.7. The SMILES string of the molecule is Cc1ccc(-c2ccc(=O)n(CCCC(=O)Nc3ccccc3-c3ccccc3)n2)cc1. The molecule has 0 saturated carbocycles. The fourth-order valence-corrected chi connectivity index (χ4v) is 3.55. The Morgan fingerprint density at radius 1 is 0.844 bits per heavy atom. The summed E-state index contributed by atoms with van der Waals surface area (Å²) < 4.78 is 1.43. The first kappa shape index (κ1) is 21.2. The summed E-state index contributed by atoms with van der Waals surface area (Å²) in [4.78, 5) is 24.8. The van der Waals surface area contributed by atoms with Crippen LogP contribution in [0.25, 0.3) is 22.4 Å². The lowest BCUT2D eigenvalue weighted by Gasteiger charge is -2.12. The van der Waals surface area contributed by atoms with E-state index in [1.54, 1.807) is 6.07 Å². The highest BCUT2D eigenvalue weighted by molar-refractivity contribution is 5.95. The quantitative estimate of drug-likeness (QED) is 0.438. The molecule has 0 aliphatic carbocycles. The van der Waals surface area contributed by atoms with Crippen LogP contribution >= 0.6 is 0 Å². The molecule has 32 heavy (non-hydrogen) atoms. The number of hydrogen-bond acceptors (Lipinski definition) is 3. The number of nitrogens with zero attached hydrogens (tertiary/aromatic N) is 2. The second kappa shape index (κ2) is 9.88. The number of amides is 1. The lowest BCUT2D eigenvalue weighted by molar-refractivity contribution is -0.116. The highest BCUT2D eigenvalue weighted by Crippen LogP contribution is 2.27. The molecule has 0 atom stereocenters. The summed E-state index contributed by atoms with van der Waals surface area (Å²) >= 11 is 0. The van der Waals surface area contributed by atoms with E-state index in [-0.39, 0.29) is 11.5 Å². The predicted octanol–water partition coefficient (Wildman–Crippen LogP) is 5.30. The molecule has 5 nitrogen and oxygen atoms in total. The molecular formula is C27H25N3O2. The molecule has 1 N–H and O–H groups in total. The van der Waals surface area contributed by atoms with Crippen molar-refractivity contribution in [1.29, 1.82) is 0 Å². The third-order valence-electron chi connectivity index (χ3n) is 5.27. The summed E-state index contributed by atoms with van der Waals surface area (Å²) in [5, 5.41) is 7.48. The Bertz CT molecular complexity index is 1260. The zero-order valence-corrected chi connectivity index (χ0v) is 18.0. The molecule has 0 unspecified atom stereocenters. The molecule has 4 rings (SSSR count). The minimum Gasteiger partial charge on any atom is -0.326 e. The van der Waals surface area contributed by atoms with Gasteiger partial charge in [0.25, 0.3) is 5.56 Å². The third kappa shape index (κ3) is 5.19. The van der Waals surface area contributed by atoms with Gasteiger partial charge in [0.1, 0.15) is 0 Å². The molecule has 0 fully saturated rings. The van der Waals surface area contributed by atoms with Crippen LogP contribution < -0.4 is 10.9 Å². The number of anilines is 1. The van der Waals surface area contributed by atoms with E-state index >= 15 is 0 Å². The average molecular weight is 424 g/mol. The Morgan fingerprint density at radius 2 is 1.56 bits per heavy atom. The molecular weight excluding hydrogens is 398 g/mol. The van der Waals surface area contributed by atoms with E-state index in [9.17, 15) is 9.59 Å². The van der Waals surface area contributed by atoms with Crippen molar-refractivity contribution in [1.82, 2.24) is 9.78 Å². The molecule has 1 aromatic heterocycles. The molecule has 0 bridgehead atoms. The number of benzene rings is 3. The van der Waals surface area contributed by atoms with Gasteiger partial charge in [-0.1, -0.05) is 78.4 Å². The lowest BCUT2D eigenvalue weighted by atomic mass is 10.0. The average Bonchev–Trinajstić information content (AvgIpc) is 2.82. The van der Waals surface area contributed by atoms with Crippen LogP contribution in [0.2, 0.25) is 0 Å². The van der Waals surface area contributed by atoms with Crippen molar-refractivity contribution in [3.8, 4) is 22.4 Å². The molecule has 0 saturated heterocycles. The Labute approximate surface area is 187 Å². The number of hydrogen-bond donors (Lipinski definition) is 1. The molecule has 160 valence electrons. The molecule has 3 aromatic carbocycles. The van der Waals surface area contributed by atoms with Gasteiger partial charge in [0.2, 0.25) is 5.91 Å². The van der Waals surface area contributed by atoms with Gasteiger partial charge in [0.15, 0.2) is 0 Å². The van der Waals surface area contributed by atoms with Gasteiger partial charge in [0.05, 0.1) is 5.69 Å². The first-order valence-electron chi connectivity index (χ1n) is 10.7. The highest BCUT2D eigenvalue weighted by atomic mass is 16.1. The zero-order chi connectivity index (χ0) is 22.3. The van der Waals surface area contributed by atoms with Crippen LogP contribution in [0.3, 0.4) is 0 Å². The maximum Gasteiger partial charge on any atom is 0.266 e. The summed E-state index contributed by atoms with van der Waals surface area (Å²) in [5.41, 5.74) is 5.50. The fourth-order valence-electron chi connectivity index (χ4n) is 3.55. The molecule has 5 heteroatoms. The van der Waals surface area contributed by atoms with Crippen molar-refractivity contribution in [2.75, 3.05) is 5.32 Å². The Kier molecular flexibility index (Phi) is 6.56. The standard InChI is InChI=1S/C27H25N3O2/c1-20-13-15-22(16-14-20)24-17-18-27(32)30(29-24)19-7-12-26(31)28-25-11-6-5-10-23(25)21-8-3-2-4-9-21/h2-6,8-11,13-18H,7,12,19H2,1H3,(H,28,31). The van der Waals surface area contributed by atoms with Gasteiger partial charge >= 0.3 is 0 Å². The number of rotatable bonds is 7. The van der Waals surface area contributed by atoms with Crippen molar-refractivity contribution >= 4 is 11.6 Å². The van der Waals surface area contributed by atoms with E-state index in [2.05, 4.69) is 10.4 Å². The van der Waals surface area contributed by atoms with Crippen molar-refractivity contribution in [2.24, 2.45) is 0 Å². The van der Waals surface area contributed by atoms with Gasteiger partial charge in [-0.3, -0.25) is 9.59 Å². The smallest absolute Gasteiger partial charge is 0.266 e. The topological polar surface area (TPSA) is 64.0 Å². The van der Waals surface area contributed by atoms with Crippen LogP contribution in [0, 0.1) is 6.92 Å². The van der Waals surface area contributed by atoms with E-state index in [0.717, 1.165) is 28.1 Å². The van der Waals surface area contributed by atoms with Crippen LogP contribution in [-0.2, 0) is 11.3 Å². The van der Waals surface area contributed by atoms with Crippen molar-refractivity contribution in [3.05, 3.63) is 107 Å². The number of carbonyl (C=O) groups is 1. The summed E-state index contributed by atoms with van der Waals surface area (Å²) in [6, 6.07) is 29.0. The van der Waals surface area contributed by atoms with Crippen molar-refractivity contribution in [2.45, 2.75) is 26.3 Å². The van der Waals surface area contributed by atoms with Gasteiger partial charge in [0, 0.05) is 35.8 Å². The van der Waals surface area contributed by atoms with E-state index in [4.69, 9.17) is 0 Å². The van der Waals surface area contributed by atoms with E-state index < -0.39 is 0 Å². The van der Waals surface area contributed by atoms with Crippen LogP contribution in [0.4, 0.5) is 5.69 Å². The summed E-state index contributed by atoms with van der Waals surface area (Å²) in [6.07, 6.45) is 0.815. The van der Waals surface area contributed by atoms with Crippen molar-refractivity contribution < 1.29 is 4.79 Å².